The van der Waals surface area contributed by atoms with Gasteiger partial charge in [-0.15, -0.1) is 0 Å². The predicted octanol–water partition coefficient (Wildman–Crippen LogP) is 6.97. The van der Waals surface area contributed by atoms with Gasteiger partial charge in [-0.25, -0.2) is 0 Å². The Labute approximate surface area is 219 Å². The summed E-state index contributed by atoms with van der Waals surface area (Å²) in [6.07, 6.45) is 0. The molecule has 4 fully saturated rings. The van der Waals surface area contributed by atoms with E-state index in [0.717, 1.165) is 6.67 Å². The molecule has 4 aliphatic rings. The minimum absolute atomic E-state index is 0.0498. The van der Waals surface area contributed by atoms with Crippen LogP contribution in [0.15, 0.2) is 109 Å². The van der Waals surface area contributed by atoms with Crippen LogP contribution in [0.1, 0.15) is 57.5 Å². The molecule has 4 aromatic rings. The molecule has 0 aromatic heterocycles. The maximum absolute atomic E-state index is 14.8. The third kappa shape index (κ3) is 3.53. The number of aryl methyl sites for hydroxylation is 2. The zero-order chi connectivity index (χ0) is 25.1. The molecule has 0 saturated carbocycles. The number of benzene rings is 4. The maximum Gasteiger partial charge on any atom is 0.146 e. The largest absolute Gasteiger partial charge is 0.299 e. The van der Waals surface area contributed by atoms with Gasteiger partial charge in [-0.05, 0) is 36.1 Å². The van der Waals surface area contributed by atoms with Crippen molar-refractivity contribution in [2.75, 3.05) is 6.67 Å². The van der Waals surface area contributed by atoms with Crippen molar-refractivity contribution in [3.05, 3.63) is 143 Å². The third-order valence-corrected chi connectivity index (χ3v) is 8.89. The van der Waals surface area contributed by atoms with Gasteiger partial charge in [-0.2, -0.15) is 0 Å². The minimum Gasteiger partial charge on any atom is -0.299 e. The molecular formula is C34H32N2O. The van der Waals surface area contributed by atoms with E-state index in [1.165, 1.54) is 33.4 Å². The molecular weight excluding hydrogens is 452 g/mol. The van der Waals surface area contributed by atoms with Crippen molar-refractivity contribution < 1.29 is 4.79 Å². The van der Waals surface area contributed by atoms with Crippen LogP contribution in [0.2, 0.25) is 0 Å². The van der Waals surface area contributed by atoms with Crippen LogP contribution in [0, 0.1) is 25.7 Å². The Hall–Kier alpha value is -3.53. The topological polar surface area (TPSA) is 23.6 Å². The fraction of sp³-hybridized carbons (Fsp3) is 0.265. The number of hydrogen-bond donors (Lipinski definition) is 0. The molecule has 37 heavy (non-hydrogen) atoms. The van der Waals surface area contributed by atoms with E-state index in [9.17, 15) is 4.79 Å². The van der Waals surface area contributed by atoms with E-state index in [2.05, 4.69) is 133 Å². The standard InChI is InChI=1S/C34H32N2O/c1-22-13-17-26(18-14-22)32-28-30(24-9-5-3-6-10-24)35-21-36(32)33(27-19-15-23(2)16-20-27)29(34(28)37)31(35)25-11-7-4-8-12-25/h3-20,28-33H,21H2,1-2H3/t28-,29?,30?,31?,32?,33?/m1/s1. The van der Waals surface area contributed by atoms with Crippen LogP contribution in [0.25, 0.3) is 0 Å². The van der Waals surface area contributed by atoms with E-state index < -0.39 is 0 Å². The van der Waals surface area contributed by atoms with Gasteiger partial charge < -0.3 is 0 Å². The van der Waals surface area contributed by atoms with Gasteiger partial charge in [0.25, 0.3) is 0 Å². The normalized spacial score (nSPS) is 32.0. The van der Waals surface area contributed by atoms with E-state index in [-0.39, 0.29) is 36.0 Å². The van der Waals surface area contributed by atoms with Crippen molar-refractivity contribution in [1.82, 2.24) is 9.80 Å². The maximum atomic E-state index is 14.8. The Balaban J connectivity index is 1.44. The summed E-state index contributed by atoms with van der Waals surface area (Å²) < 4.78 is 0. The summed E-state index contributed by atoms with van der Waals surface area (Å²) in [5, 5.41) is 0. The molecule has 7 unspecified atom stereocenters. The highest BCUT2D eigenvalue weighted by Gasteiger charge is 2.65. The van der Waals surface area contributed by atoms with E-state index in [1.807, 2.05) is 0 Å². The van der Waals surface area contributed by atoms with Crippen molar-refractivity contribution in [2.24, 2.45) is 11.8 Å². The Morgan fingerprint density at radius 3 is 1.16 bits per heavy atom. The predicted molar refractivity (Wildman–Crippen MR) is 147 cm³/mol. The number of rotatable bonds is 4. The first-order chi connectivity index (χ1) is 18.1. The van der Waals surface area contributed by atoms with Crippen molar-refractivity contribution in [1.29, 1.82) is 0 Å². The number of carbonyl (C=O) groups excluding carboxylic acids is 1. The molecule has 0 N–H and O–H groups in total. The molecule has 0 radical (unpaired) electrons. The summed E-state index contributed by atoms with van der Waals surface area (Å²) in [5.41, 5.74) is 7.47. The molecule has 8 atom stereocenters. The van der Waals surface area contributed by atoms with Gasteiger partial charge in [-0.3, -0.25) is 14.6 Å². The average molecular weight is 485 g/mol. The van der Waals surface area contributed by atoms with Crippen molar-refractivity contribution in [2.45, 2.75) is 38.0 Å². The van der Waals surface area contributed by atoms with Crippen LogP contribution in [0.4, 0.5) is 0 Å². The van der Waals surface area contributed by atoms with Gasteiger partial charge in [0, 0.05) is 24.2 Å². The smallest absolute Gasteiger partial charge is 0.146 e. The van der Waals surface area contributed by atoms with Gasteiger partial charge >= 0.3 is 0 Å². The molecule has 4 aromatic carbocycles. The van der Waals surface area contributed by atoms with E-state index in [0.29, 0.717) is 5.78 Å². The number of carbonyl (C=O) groups is 1. The second kappa shape index (κ2) is 8.79. The Morgan fingerprint density at radius 2 is 0.811 bits per heavy atom. The number of nitrogens with zero attached hydrogens (tertiary/aromatic N) is 2. The third-order valence-electron chi connectivity index (χ3n) is 8.89. The summed E-state index contributed by atoms with van der Waals surface area (Å²) in [7, 11) is 0. The molecule has 4 heterocycles. The second-order valence-electron chi connectivity index (χ2n) is 11.0. The van der Waals surface area contributed by atoms with Gasteiger partial charge in [0.15, 0.2) is 0 Å². The monoisotopic (exact) mass is 484 g/mol. The summed E-state index contributed by atoms with van der Waals surface area (Å²) >= 11 is 0. The fourth-order valence-corrected chi connectivity index (χ4v) is 7.32. The lowest BCUT2D eigenvalue weighted by molar-refractivity contribution is -0.208. The molecule has 3 nitrogen and oxygen atoms in total. The number of hydrogen-bond acceptors (Lipinski definition) is 3. The Kier molecular flexibility index (Phi) is 5.38. The summed E-state index contributed by atoms with van der Waals surface area (Å²) in [6, 6.07) is 39.4. The van der Waals surface area contributed by atoms with Crippen molar-refractivity contribution in [3.63, 3.8) is 0 Å². The highest BCUT2D eigenvalue weighted by molar-refractivity contribution is 5.89. The van der Waals surface area contributed by atoms with Crippen molar-refractivity contribution >= 4 is 5.78 Å². The van der Waals surface area contributed by atoms with Crippen LogP contribution < -0.4 is 0 Å². The molecule has 184 valence electrons. The highest BCUT2D eigenvalue weighted by atomic mass is 16.1. The zero-order valence-corrected chi connectivity index (χ0v) is 21.4. The molecule has 0 spiro atoms. The van der Waals surface area contributed by atoms with Crippen molar-refractivity contribution in [3.8, 4) is 0 Å². The molecule has 0 aliphatic carbocycles. The molecule has 4 saturated heterocycles. The lowest BCUT2D eigenvalue weighted by Crippen LogP contribution is -2.69. The fourth-order valence-electron chi connectivity index (χ4n) is 7.32. The zero-order valence-electron chi connectivity index (χ0n) is 21.4. The molecule has 4 bridgehead atoms. The Bertz CT molecular complexity index is 1310. The van der Waals surface area contributed by atoms with Crippen LogP contribution in [-0.4, -0.2) is 22.3 Å². The van der Waals surface area contributed by atoms with E-state index >= 15 is 0 Å². The quantitative estimate of drug-likeness (QED) is 0.312. The second-order valence-corrected chi connectivity index (χ2v) is 11.0. The first kappa shape index (κ1) is 22.7. The van der Waals surface area contributed by atoms with Crippen LogP contribution in [-0.2, 0) is 4.79 Å². The first-order valence-corrected chi connectivity index (χ1v) is 13.4. The first-order valence-electron chi connectivity index (χ1n) is 13.4. The molecule has 3 heteroatoms. The van der Waals surface area contributed by atoms with Gasteiger partial charge in [-0.1, -0.05) is 120 Å². The highest BCUT2D eigenvalue weighted by Crippen LogP contribution is 2.64. The van der Waals surface area contributed by atoms with Crippen LogP contribution >= 0.6 is 0 Å². The van der Waals surface area contributed by atoms with Gasteiger partial charge in [0.05, 0.1) is 18.5 Å². The average Bonchev–Trinajstić information content (AvgIpc) is 2.94. The molecule has 4 aliphatic heterocycles. The number of piperidine rings is 2. The number of Topliss-reactive ketones (excluding diaryl/α,β-unsaturated/α-hetero) is 1. The van der Waals surface area contributed by atoms with Crippen LogP contribution in [0.5, 0.6) is 0 Å². The number of ketones is 1. The summed E-state index contributed by atoms with van der Waals surface area (Å²) in [5.74, 6) is 0.196. The SMILES string of the molecule is Cc1ccc(C2C3C(=O)[C@@H]4C(c5ccccc5)N(CN2C4c2ccc(C)cc2)C3c2ccccc2)cc1. The van der Waals surface area contributed by atoms with E-state index in [4.69, 9.17) is 0 Å². The van der Waals surface area contributed by atoms with Gasteiger partial charge in [0.1, 0.15) is 5.78 Å². The minimum atomic E-state index is -0.106. The summed E-state index contributed by atoms with van der Waals surface area (Å²) in [4.78, 5) is 20.0. The van der Waals surface area contributed by atoms with Gasteiger partial charge in [0.2, 0.25) is 0 Å². The summed E-state index contributed by atoms with van der Waals surface area (Å²) in [6.45, 7) is 5.09. The van der Waals surface area contributed by atoms with Crippen LogP contribution in [0.3, 0.4) is 0 Å². The van der Waals surface area contributed by atoms with E-state index in [1.54, 1.807) is 0 Å². The Morgan fingerprint density at radius 1 is 0.486 bits per heavy atom. The molecule has 8 rings (SSSR count). The lowest BCUT2D eigenvalue weighted by Gasteiger charge is -2.67. The lowest BCUT2D eigenvalue weighted by atomic mass is 9.60. The molecule has 0 amide bonds.